The lowest BCUT2D eigenvalue weighted by atomic mass is 10.2. The van der Waals surface area contributed by atoms with Crippen molar-refractivity contribution in [2.24, 2.45) is 0 Å². The fourth-order valence-electron chi connectivity index (χ4n) is 1.33. The molecule has 2 rings (SSSR count). The normalized spacial score (nSPS) is 10.7. The molecule has 0 aliphatic rings. The van der Waals surface area contributed by atoms with Gasteiger partial charge in [0.05, 0.1) is 9.88 Å². The molecule has 0 radical (unpaired) electrons. The Hall–Kier alpha value is -1.36. The third-order valence-corrected chi connectivity index (χ3v) is 2.95. The van der Waals surface area contributed by atoms with Crippen LogP contribution in [0.4, 0.5) is 5.88 Å². The zero-order chi connectivity index (χ0) is 10.1. The molecule has 2 N–H and O–H groups in total. The number of hydrogen-bond donors (Lipinski definition) is 1. The number of nitrogen functional groups attached to an aromatic ring is 1. The van der Waals surface area contributed by atoms with Crippen molar-refractivity contribution in [2.75, 3.05) is 5.73 Å². The van der Waals surface area contributed by atoms with E-state index in [1.807, 2.05) is 13.8 Å². The zero-order valence-corrected chi connectivity index (χ0v) is 8.89. The maximum atomic E-state index is 5.65. The molecule has 4 nitrogen and oxygen atoms in total. The van der Waals surface area contributed by atoms with Crippen molar-refractivity contribution in [3.05, 3.63) is 16.8 Å². The van der Waals surface area contributed by atoms with E-state index in [1.165, 1.54) is 0 Å². The van der Waals surface area contributed by atoms with Crippen molar-refractivity contribution in [1.82, 2.24) is 10.1 Å². The molecule has 0 spiro atoms. The third-order valence-electron chi connectivity index (χ3n) is 2.03. The Balaban J connectivity index is 2.51. The van der Waals surface area contributed by atoms with Gasteiger partial charge in [0.15, 0.2) is 0 Å². The average molecular weight is 209 g/mol. The molecule has 0 aliphatic carbocycles. The minimum absolute atomic E-state index is 0.411. The number of nitrogens with two attached hydrogens (primary N) is 1. The summed E-state index contributed by atoms with van der Waals surface area (Å²) in [5, 5.41) is 4.96. The highest BCUT2D eigenvalue weighted by Gasteiger charge is 2.15. The van der Waals surface area contributed by atoms with Crippen LogP contribution in [0.25, 0.3) is 10.6 Å². The number of aromatic nitrogens is 2. The van der Waals surface area contributed by atoms with E-state index in [-0.39, 0.29) is 0 Å². The molecular formula is C9H11N3OS. The van der Waals surface area contributed by atoms with Gasteiger partial charge in [-0.1, -0.05) is 12.1 Å². The molecule has 14 heavy (non-hydrogen) atoms. The molecule has 0 saturated carbocycles. The summed E-state index contributed by atoms with van der Waals surface area (Å²) in [6.45, 7) is 3.99. The molecule has 2 aromatic rings. The Bertz CT molecular complexity index is 447. The van der Waals surface area contributed by atoms with Crippen LogP contribution >= 0.6 is 11.3 Å². The van der Waals surface area contributed by atoms with Crippen LogP contribution in [-0.2, 0) is 6.42 Å². The molecule has 0 bridgehead atoms. The van der Waals surface area contributed by atoms with Gasteiger partial charge in [0.1, 0.15) is 5.69 Å². The summed E-state index contributed by atoms with van der Waals surface area (Å²) < 4.78 is 4.96. The predicted molar refractivity (Wildman–Crippen MR) is 56.1 cm³/mol. The Labute approximate surface area is 85.7 Å². The van der Waals surface area contributed by atoms with Crippen LogP contribution in [-0.4, -0.2) is 10.1 Å². The summed E-state index contributed by atoms with van der Waals surface area (Å²) in [5.41, 5.74) is 7.45. The molecule has 0 atom stereocenters. The Morgan fingerprint density at radius 3 is 2.93 bits per heavy atom. The monoisotopic (exact) mass is 209 g/mol. The van der Waals surface area contributed by atoms with Gasteiger partial charge in [-0.25, -0.2) is 4.98 Å². The van der Waals surface area contributed by atoms with Gasteiger partial charge >= 0.3 is 0 Å². The second-order valence-corrected chi connectivity index (χ2v) is 4.21. The van der Waals surface area contributed by atoms with Crippen molar-refractivity contribution in [3.63, 3.8) is 0 Å². The highest BCUT2D eigenvalue weighted by molar-refractivity contribution is 7.15. The van der Waals surface area contributed by atoms with Gasteiger partial charge in [0.25, 0.3) is 0 Å². The highest BCUT2D eigenvalue weighted by atomic mass is 32.1. The van der Waals surface area contributed by atoms with E-state index in [9.17, 15) is 0 Å². The molecule has 0 fully saturated rings. The van der Waals surface area contributed by atoms with E-state index in [2.05, 4.69) is 10.1 Å². The van der Waals surface area contributed by atoms with E-state index in [0.29, 0.717) is 5.88 Å². The van der Waals surface area contributed by atoms with Gasteiger partial charge in [-0.15, -0.1) is 11.3 Å². The van der Waals surface area contributed by atoms with Gasteiger partial charge in [-0.05, 0) is 13.3 Å². The summed E-state index contributed by atoms with van der Waals surface area (Å²) in [4.78, 5) is 5.19. The Kier molecular flexibility index (Phi) is 2.25. The second kappa shape index (κ2) is 3.42. The summed E-state index contributed by atoms with van der Waals surface area (Å²) in [5.74, 6) is 0.411. The predicted octanol–water partition coefficient (Wildman–Crippen LogP) is 2.25. The number of nitrogens with zero attached hydrogens (tertiary/aromatic N) is 2. The zero-order valence-electron chi connectivity index (χ0n) is 8.07. The fraction of sp³-hybridized carbons (Fsp3) is 0.333. The van der Waals surface area contributed by atoms with Crippen LogP contribution in [0.15, 0.2) is 10.7 Å². The Morgan fingerprint density at radius 1 is 1.57 bits per heavy atom. The summed E-state index contributed by atoms with van der Waals surface area (Å²) in [6.07, 6.45) is 2.62. The first-order valence-electron chi connectivity index (χ1n) is 4.39. The Morgan fingerprint density at radius 2 is 2.36 bits per heavy atom. The van der Waals surface area contributed by atoms with Gasteiger partial charge in [0.2, 0.25) is 5.88 Å². The largest absolute Gasteiger partial charge is 0.367 e. The van der Waals surface area contributed by atoms with Crippen molar-refractivity contribution < 1.29 is 4.52 Å². The first-order valence-corrected chi connectivity index (χ1v) is 5.20. The molecule has 0 aromatic carbocycles. The minimum atomic E-state index is 0.411. The summed E-state index contributed by atoms with van der Waals surface area (Å²) in [7, 11) is 0. The van der Waals surface area contributed by atoms with Crippen molar-refractivity contribution in [1.29, 1.82) is 0 Å². The van der Waals surface area contributed by atoms with Crippen LogP contribution in [0.2, 0.25) is 0 Å². The molecule has 0 amide bonds. The maximum Gasteiger partial charge on any atom is 0.225 e. The first kappa shape index (κ1) is 9.21. The maximum absolute atomic E-state index is 5.65. The molecule has 74 valence electrons. The van der Waals surface area contributed by atoms with E-state index in [0.717, 1.165) is 27.6 Å². The van der Waals surface area contributed by atoms with E-state index in [1.54, 1.807) is 17.5 Å². The molecule has 0 unspecified atom stereocenters. The molecule has 2 aromatic heterocycles. The topological polar surface area (TPSA) is 64.9 Å². The third kappa shape index (κ3) is 1.39. The van der Waals surface area contributed by atoms with Crippen molar-refractivity contribution in [3.8, 4) is 10.6 Å². The molecular weight excluding hydrogens is 198 g/mol. The van der Waals surface area contributed by atoms with E-state index in [4.69, 9.17) is 10.3 Å². The van der Waals surface area contributed by atoms with Crippen LogP contribution in [0, 0.1) is 6.92 Å². The van der Waals surface area contributed by atoms with E-state index < -0.39 is 0 Å². The van der Waals surface area contributed by atoms with Crippen molar-refractivity contribution >= 4 is 17.2 Å². The molecule has 5 heteroatoms. The standard InChI is InChI=1S/C9H11N3OS/c1-3-6-8(12-13-9(6)10)7-4-11-5(2)14-7/h4H,3,10H2,1-2H3. The van der Waals surface area contributed by atoms with Gasteiger partial charge in [0, 0.05) is 11.8 Å². The average Bonchev–Trinajstić information content (AvgIpc) is 2.71. The second-order valence-electron chi connectivity index (χ2n) is 2.97. The number of thiazole rings is 1. The van der Waals surface area contributed by atoms with Crippen molar-refractivity contribution in [2.45, 2.75) is 20.3 Å². The SMILES string of the molecule is CCc1c(-c2cnc(C)s2)noc1N. The summed E-state index contributed by atoms with van der Waals surface area (Å²) >= 11 is 1.59. The molecule has 0 aliphatic heterocycles. The van der Waals surface area contributed by atoms with Crippen LogP contribution < -0.4 is 5.73 Å². The quantitative estimate of drug-likeness (QED) is 0.823. The minimum Gasteiger partial charge on any atom is -0.367 e. The number of rotatable bonds is 2. The number of aryl methyl sites for hydroxylation is 1. The molecule has 0 saturated heterocycles. The van der Waals surface area contributed by atoms with Gasteiger partial charge in [-0.2, -0.15) is 0 Å². The summed E-state index contributed by atoms with van der Waals surface area (Å²) in [6, 6.07) is 0. The van der Waals surface area contributed by atoms with E-state index >= 15 is 0 Å². The highest BCUT2D eigenvalue weighted by Crippen LogP contribution is 2.31. The first-order chi connectivity index (χ1) is 6.72. The lowest BCUT2D eigenvalue weighted by Gasteiger charge is -1.93. The smallest absolute Gasteiger partial charge is 0.225 e. The molecule has 2 heterocycles. The van der Waals surface area contributed by atoms with Gasteiger partial charge < -0.3 is 10.3 Å². The van der Waals surface area contributed by atoms with Gasteiger partial charge in [-0.3, -0.25) is 0 Å². The van der Waals surface area contributed by atoms with Crippen LogP contribution in [0.1, 0.15) is 17.5 Å². The van der Waals surface area contributed by atoms with Crippen LogP contribution in [0.5, 0.6) is 0 Å². The van der Waals surface area contributed by atoms with Crippen LogP contribution in [0.3, 0.4) is 0 Å². The number of hydrogen-bond acceptors (Lipinski definition) is 5. The number of anilines is 1. The fourth-order valence-corrected chi connectivity index (χ4v) is 2.11. The lowest BCUT2D eigenvalue weighted by Crippen LogP contribution is -1.88. The lowest BCUT2D eigenvalue weighted by molar-refractivity contribution is 0.439.